The van der Waals surface area contributed by atoms with E-state index in [1.807, 2.05) is 12.1 Å². The standard InChI is InChI=1S/C16H15FO/c17-15-10-9-14(12-7-3-4-8-13(12)15)16(18)11-5-1-2-6-11/h3-4,7-11H,1-2,5-6H2. The fraction of sp³-hybridized carbons (Fsp3) is 0.312. The fourth-order valence-corrected chi connectivity index (χ4v) is 2.89. The summed E-state index contributed by atoms with van der Waals surface area (Å²) < 4.78 is 13.7. The number of carbonyl (C=O) groups excluding carboxylic acids is 1. The van der Waals surface area contributed by atoms with Gasteiger partial charge >= 0.3 is 0 Å². The number of halogens is 1. The van der Waals surface area contributed by atoms with Crippen LogP contribution < -0.4 is 0 Å². The molecule has 0 N–H and O–H groups in total. The highest BCUT2D eigenvalue weighted by Gasteiger charge is 2.25. The number of rotatable bonds is 2. The summed E-state index contributed by atoms with van der Waals surface area (Å²) in [5, 5.41) is 1.29. The van der Waals surface area contributed by atoms with Crippen LogP contribution in [0.3, 0.4) is 0 Å². The minimum atomic E-state index is -0.256. The van der Waals surface area contributed by atoms with Crippen LogP contribution in [0.4, 0.5) is 4.39 Å². The van der Waals surface area contributed by atoms with E-state index < -0.39 is 0 Å². The molecule has 18 heavy (non-hydrogen) atoms. The first-order valence-corrected chi connectivity index (χ1v) is 6.49. The maximum atomic E-state index is 13.7. The molecule has 0 amide bonds. The lowest BCUT2D eigenvalue weighted by Gasteiger charge is -2.11. The second kappa shape index (κ2) is 4.52. The third-order valence-electron chi connectivity index (χ3n) is 3.86. The summed E-state index contributed by atoms with van der Waals surface area (Å²) in [5.41, 5.74) is 0.680. The Bertz CT molecular complexity index is 597. The molecule has 0 unspecified atom stereocenters. The second-order valence-electron chi connectivity index (χ2n) is 4.99. The zero-order valence-corrected chi connectivity index (χ0v) is 10.2. The third kappa shape index (κ3) is 1.82. The number of benzene rings is 2. The summed E-state index contributed by atoms with van der Waals surface area (Å²) in [4.78, 5) is 12.4. The summed E-state index contributed by atoms with van der Waals surface area (Å²) in [6.45, 7) is 0. The molecular formula is C16H15FO. The molecule has 0 aromatic heterocycles. The molecule has 0 heterocycles. The first kappa shape index (κ1) is 11.4. The summed E-state index contributed by atoms with van der Waals surface area (Å²) in [5.74, 6) is 0.0659. The first-order chi connectivity index (χ1) is 8.77. The molecule has 0 aliphatic heterocycles. The van der Waals surface area contributed by atoms with Gasteiger partial charge in [0.1, 0.15) is 5.82 Å². The maximum absolute atomic E-state index is 13.7. The van der Waals surface area contributed by atoms with Crippen LogP contribution in [-0.4, -0.2) is 5.78 Å². The molecule has 2 heteroatoms. The van der Waals surface area contributed by atoms with E-state index in [1.54, 1.807) is 18.2 Å². The zero-order valence-electron chi connectivity index (χ0n) is 10.2. The molecule has 0 atom stereocenters. The number of hydrogen-bond donors (Lipinski definition) is 0. The number of ketones is 1. The van der Waals surface area contributed by atoms with E-state index in [9.17, 15) is 9.18 Å². The van der Waals surface area contributed by atoms with Gasteiger partial charge in [0.05, 0.1) is 0 Å². The minimum Gasteiger partial charge on any atom is -0.294 e. The Labute approximate surface area is 106 Å². The van der Waals surface area contributed by atoms with Crippen molar-refractivity contribution in [3.8, 4) is 0 Å². The van der Waals surface area contributed by atoms with Crippen molar-refractivity contribution < 1.29 is 9.18 Å². The smallest absolute Gasteiger partial charge is 0.166 e. The molecule has 0 spiro atoms. The van der Waals surface area contributed by atoms with Gasteiger partial charge < -0.3 is 0 Å². The van der Waals surface area contributed by atoms with E-state index in [-0.39, 0.29) is 17.5 Å². The fourth-order valence-electron chi connectivity index (χ4n) is 2.89. The summed E-state index contributed by atoms with van der Waals surface area (Å²) in [6, 6.07) is 10.3. The van der Waals surface area contributed by atoms with Crippen LogP contribution in [0.2, 0.25) is 0 Å². The van der Waals surface area contributed by atoms with E-state index in [0.717, 1.165) is 31.1 Å². The lowest BCUT2D eigenvalue weighted by molar-refractivity contribution is 0.0924. The maximum Gasteiger partial charge on any atom is 0.166 e. The summed E-state index contributed by atoms with van der Waals surface area (Å²) in [7, 11) is 0. The molecule has 0 bridgehead atoms. The van der Waals surface area contributed by atoms with Crippen molar-refractivity contribution in [2.45, 2.75) is 25.7 Å². The van der Waals surface area contributed by atoms with E-state index in [4.69, 9.17) is 0 Å². The predicted molar refractivity (Wildman–Crippen MR) is 70.2 cm³/mol. The lowest BCUT2D eigenvalue weighted by Crippen LogP contribution is -2.11. The van der Waals surface area contributed by atoms with Gasteiger partial charge in [-0.3, -0.25) is 4.79 Å². The average Bonchev–Trinajstić information content (AvgIpc) is 2.93. The SMILES string of the molecule is O=C(c1ccc(F)c2ccccc12)C1CCCC1. The third-order valence-corrected chi connectivity index (χ3v) is 3.86. The quantitative estimate of drug-likeness (QED) is 0.715. The number of carbonyl (C=O) groups is 1. The second-order valence-corrected chi connectivity index (χ2v) is 4.99. The van der Waals surface area contributed by atoms with Gasteiger partial charge in [0.2, 0.25) is 0 Å². The molecule has 0 saturated heterocycles. The van der Waals surface area contributed by atoms with Gasteiger partial charge in [-0.15, -0.1) is 0 Å². The zero-order chi connectivity index (χ0) is 12.5. The minimum absolute atomic E-state index is 0.138. The molecule has 1 aliphatic carbocycles. The lowest BCUT2D eigenvalue weighted by atomic mass is 9.92. The molecular weight excluding hydrogens is 227 g/mol. The first-order valence-electron chi connectivity index (χ1n) is 6.49. The molecule has 92 valence electrons. The predicted octanol–water partition coefficient (Wildman–Crippen LogP) is 4.35. The van der Waals surface area contributed by atoms with E-state index in [0.29, 0.717) is 10.9 Å². The van der Waals surface area contributed by atoms with Crippen LogP contribution in [0.25, 0.3) is 10.8 Å². The van der Waals surface area contributed by atoms with Crippen LogP contribution in [-0.2, 0) is 0 Å². The van der Waals surface area contributed by atoms with Gasteiger partial charge in [0, 0.05) is 16.9 Å². The topological polar surface area (TPSA) is 17.1 Å². The Balaban J connectivity index is 2.11. The average molecular weight is 242 g/mol. The number of fused-ring (bicyclic) bond motifs is 1. The van der Waals surface area contributed by atoms with Crippen molar-refractivity contribution in [3.63, 3.8) is 0 Å². The van der Waals surface area contributed by atoms with Gasteiger partial charge in [0.25, 0.3) is 0 Å². The van der Waals surface area contributed by atoms with Crippen molar-refractivity contribution in [3.05, 3.63) is 47.8 Å². The van der Waals surface area contributed by atoms with Crippen LogP contribution in [0.5, 0.6) is 0 Å². The van der Waals surface area contributed by atoms with Gasteiger partial charge in [-0.25, -0.2) is 4.39 Å². The van der Waals surface area contributed by atoms with Gasteiger partial charge in [-0.05, 0) is 30.4 Å². The van der Waals surface area contributed by atoms with Crippen LogP contribution in [0, 0.1) is 11.7 Å². The molecule has 1 aliphatic rings. The largest absolute Gasteiger partial charge is 0.294 e. The molecule has 1 nitrogen and oxygen atoms in total. The Morgan fingerprint density at radius 3 is 2.39 bits per heavy atom. The molecule has 2 aromatic carbocycles. The summed E-state index contributed by atoms with van der Waals surface area (Å²) >= 11 is 0. The van der Waals surface area contributed by atoms with Crippen LogP contribution in [0.15, 0.2) is 36.4 Å². The van der Waals surface area contributed by atoms with Crippen LogP contribution >= 0.6 is 0 Å². The van der Waals surface area contributed by atoms with E-state index >= 15 is 0 Å². The normalized spacial score (nSPS) is 16.3. The Kier molecular flexibility index (Phi) is 2.86. The number of hydrogen-bond acceptors (Lipinski definition) is 1. The highest BCUT2D eigenvalue weighted by molar-refractivity contribution is 6.09. The van der Waals surface area contributed by atoms with Gasteiger partial charge in [-0.1, -0.05) is 37.1 Å². The van der Waals surface area contributed by atoms with Gasteiger partial charge in [0.15, 0.2) is 5.78 Å². The molecule has 2 aromatic rings. The molecule has 3 rings (SSSR count). The Morgan fingerprint density at radius 2 is 1.67 bits per heavy atom. The van der Waals surface area contributed by atoms with Crippen molar-refractivity contribution in [2.75, 3.05) is 0 Å². The van der Waals surface area contributed by atoms with Crippen molar-refractivity contribution in [1.82, 2.24) is 0 Å². The van der Waals surface area contributed by atoms with E-state index in [1.165, 1.54) is 6.07 Å². The van der Waals surface area contributed by atoms with E-state index in [2.05, 4.69) is 0 Å². The molecule has 1 saturated carbocycles. The Hall–Kier alpha value is -1.70. The van der Waals surface area contributed by atoms with Crippen molar-refractivity contribution in [1.29, 1.82) is 0 Å². The van der Waals surface area contributed by atoms with Crippen molar-refractivity contribution >= 4 is 16.6 Å². The molecule has 0 radical (unpaired) electrons. The highest BCUT2D eigenvalue weighted by atomic mass is 19.1. The number of Topliss-reactive ketones (excluding diaryl/α,β-unsaturated/α-hetero) is 1. The highest BCUT2D eigenvalue weighted by Crippen LogP contribution is 2.31. The molecule has 1 fully saturated rings. The van der Waals surface area contributed by atoms with Crippen LogP contribution in [0.1, 0.15) is 36.0 Å². The Morgan fingerprint density at radius 1 is 1.00 bits per heavy atom. The summed E-state index contributed by atoms with van der Waals surface area (Å²) in [6.07, 6.45) is 4.22. The monoisotopic (exact) mass is 242 g/mol. The van der Waals surface area contributed by atoms with Gasteiger partial charge in [-0.2, -0.15) is 0 Å². The van der Waals surface area contributed by atoms with Crippen molar-refractivity contribution in [2.24, 2.45) is 5.92 Å².